The zero-order chi connectivity index (χ0) is 26.1. The van der Waals surface area contributed by atoms with E-state index in [2.05, 4.69) is 38.1 Å². The summed E-state index contributed by atoms with van der Waals surface area (Å²) >= 11 is 6.59. The third kappa shape index (κ3) is 4.82. The Hall–Kier alpha value is -3.61. The summed E-state index contributed by atoms with van der Waals surface area (Å²) in [5, 5.41) is 4.18. The van der Waals surface area contributed by atoms with Gasteiger partial charge < -0.3 is 20.1 Å². The number of hydrogen-bond acceptors (Lipinski definition) is 4. The Morgan fingerprint density at radius 3 is 2.61 bits per heavy atom. The van der Waals surface area contributed by atoms with E-state index in [1.54, 1.807) is 0 Å². The van der Waals surface area contributed by atoms with Gasteiger partial charge in [0.15, 0.2) is 0 Å². The van der Waals surface area contributed by atoms with Crippen LogP contribution in [0, 0.1) is 0 Å². The Bertz CT molecular complexity index is 1440. The predicted octanol–water partition coefficient (Wildman–Crippen LogP) is 6.62. The standard InChI is InChI=1S/C31H32ClN5O/c1-2-36-16-13-23(14-17-36)37-18-15-24-25(31(37)38)9-6-10-28(24)34-22-11-12-27(32)26(19-22)30-33-20-29(35-30)21-7-4-3-5-8-21/h3-12,19-20,23,34H,2,13-18H2,1H3,(H,33,35). The van der Waals surface area contributed by atoms with E-state index in [0.29, 0.717) is 16.9 Å². The molecule has 7 heteroatoms. The molecule has 6 nitrogen and oxygen atoms in total. The van der Waals surface area contributed by atoms with Crippen LogP contribution >= 0.6 is 11.6 Å². The summed E-state index contributed by atoms with van der Waals surface area (Å²) in [4.78, 5) is 26.1. The van der Waals surface area contributed by atoms with Gasteiger partial charge in [-0.3, -0.25) is 4.79 Å². The van der Waals surface area contributed by atoms with Gasteiger partial charge in [0.2, 0.25) is 0 Å². The lowest BCUT2D eigenvalue weighted by molar-refractivity contribution is 0.0558. The summed E-state index contributed by atoms with van der Waals surface area (Å²) in [6.07, 6.45) is 4.79. The van der Waals surface area contributed by atoms with Crippen molar-refractivity contribution in [3.63, 3.8) is 0 Å². The second kappa shape index (κ2) is 10.6. The first kappa shape index (κ1) is 24.7. The van der Waals surface area contributed by atoms with Crippen LogP contribution in [0.15, 0.2) is 72.9 Å². The molecule has 2 aliphatic heterocycles. The lowest BCUT2D eigenvalue weighted by atomic mass is 9.93. The average Bonchev–Trinajstić information content (AvgIpc) is 3.45. The third-order valence-corrected chi connectivity index (χ3v) is 8.21. The number of amides is 1. The molecule has 4 aromatic rings. The first-order valence-electron chi connectivity index (χ1n) is 13.4. The molecule has 194 valence electrons. The van der Waals surface area contributed by atoms with Crippen LogP contribution in [0.5, 0.6) is 0 Å². The molecule has 38 heavy (non-hydrogen) atoms. The van der Waals surface area contributed by atoms with Gasteiger partial charge in [-0.1, -0.05) is 54.9 Å². The molecule has 2 aliphatic rings. The number of rotatable bonds is 6. The Labute approximate surface area is 228 Å². The molecule has 1 saturated heterocycles. The average molecular weight is 526 g/mol. The van der Waals surface area contributed by atoms with E-state index in [-0.39, 0.29) is 5.91 Å². The van der Waals surface area contributed by atoms with Gasteiger partial charge >= 0.3 is 0 Å². The molecule has 0 radical (unpaired) electrons. The second-order valence-electron chi connectivity index (χ2n) is 10.1. The lowest BCUT2D eigenvalue weighted by Gasteiger charge is -2.40. The first-order valence-corrected chi connectivity index (χ1v) is 13.8. The number of nitrogens with zero attached hydrogens (tertiary/aromatic N) is 3. The number of nitrogens with one attached hydrogen (secondary N) is 2. The van der Waals surface area contributed by atoms with E-state index in [0.717, 1.165) is 84.8 Å². The number of carbonyl (C=O) groups excluding carboxylic acids is 1. The minimum atomic E-state index is 0.158. The zero-order valence-corrected chi connectivity index (χ0v) is 22.3. The van der Waals surface area contributed by atoms with Crippen LogP contribution in [0.1, 0.15) is 35.7 Å². The number of carbonyl (C=O) groups is 1. The van der Waals surface area contributed by atoms with Crippen molar-refractivity contribution >= 4 is 28.9 Å². The van der Waals surface area contributed by atoms with Crippen molar-refractivity contribution in [2.75, 3.05) is 31.5 Å². The highest BCUT2D eigenvalue weighted by Crippen LogP contribution is 2.34. The number of halogens is 1. The highest BCUT2D eigenvalue weighted by Gasteiger charge is 2.32. The SMILES string of the molecule is CCN1CCC(N2CCc3c(Nc4ccc(Cl)c(-c5ncc(-c6ccccc6)[nH]5)c4)cccc3C2=O)CC1. The molecule has 0 atom stereocenters. The van der Waals surface area contributed by atoms with E-state index in [1.165, 1.54) is 0 Å². The van der Waals surface area contributed by atoms with Gasteiger partial charge in [0.1, 0.15) is 5.82 Å². The van der Waals surface area contributed by atoms with E-state index < -0.39 is 0 Å². The lowest BCUT2D eigenvalue weighted by Crippen LogP contribution is -2.49. The van der Waals surface area contributed by atoms with Crippen LogP contribution in [0.3, 0.4) is 0 Å². The topological polar surface area (TPSA) is 64.3 Å². The van der Waals surface area contributed by atoms with Crippen molar-refractivity contribution in [3.05, 3.63) is 89.1 Å². The number of anilines is 2. The van der Waals surface area contributed by atoms with Gasteiger partial charge in [-0.05, 0) is 67.3 Å². The number of likely N-dealkylation sites (tertiary alicyclic amines) is 1. The molecule has 2 N–H and O–H groups in total. The maximum absolute atomic E-state index is 13.5. The van der Waals surface area contributed by atoms with Gasteiger partial charge in [0.25, 0.3) is 5.91 Å². The minimum Gasteiger partial charge on any atom is -0.355 e. The molecular weight excluding hydrogens is 494 g/mol. The monoisotopic (exact) mass is 525 g/mol. The molecule has 1 fully saturated rings. The quantitative estimate of drug-likeness (QED) is 0.297. The van der Waals surface area contributed by atoms with E-state index >= 15 is 0 Å². The molecule has 0 unspecified atom stereocenters. The Kier molecular flexibility index (Phi) is 6.92. The summed E-state index contributed by atoms with van der Waals surface area (Å²) in [6.45, 7) is 6.19. The summed E-state index contributed by atoms with van der Waals surface area (Å²) < 4.78 is 0. The van der Waals surface area contributed by atoms with Crippen molar-refractivity contribution in [1.29, 1.82) is 0 Å². The molecule has 3 aromatic carbocycles. The van der Waals surface area contributed by atoms with Gasteiger partial charge in [0, 0.05) is 48.2 Å². The largest absolute Gasteiger partial charge is 0.355 e. The Morgan fingerprint density at radius 2 is 1.82 bits per heavy atom. The fourth-order valence-electron chi connectivity index (χ4n) is 5.72. The van der Waals surface area contributed by atoms with E-state index in [4.69, 9.17) is 11.6 Å². The molecule has 0 aliphatic carbocycles. The number of hydrogen-bond donors (Lipinski definition) is 2. The fourth-order valence-corrected chi connectivity index (χ4v) is 5.93. The number of imidazole rings is 1. The molecular formula is C31H32ClN5O. The van der Waals surface area contributed by atoms with E-state index in [9.17, 15) is 4.79 Å². The fraction of sp³-hybridized carbons (Fsp3) is 0.290. The molecule has 0 bridgehead atoms. The van der Waals surface area contributed by atoms with Crippen LogP contribution in [-0.2, 0) is 6.42 Å². The maximum Gasteiger partial charge on any atom is 0.254 e. The van der Waals surface area contributed by atoms with E-state index in [1.807, 2.05) is 66.9 Å². The molecule has 3 heterocycles. The van der Waals surface area contributed by atoms with Crippen LogP contribution in [-0.4, -0.2) is 57.9 Å². The first-order chi connectivity index (χ1) is 18.6. The summed E-state index contributed by atoms with van der Waals surface area (Å²) in [6, 6.07) is 22.3. The molecule has 0 spiro atoms. The van der Waals surface area contributed by atoms with Crippen molar-refractivity contribution in [2.24, 2.45) is 0 Å². The second-order valence-corrected chi connectivity index (χ2v) is 10.5. The summed E-state index contributed by atoms with van der Waals surface area (Å²) in [5.74, 6) is 0.873. The van der Waals surface area contributed by atoms with Gasteiger partial charge in [-0.25, -0.2) is 4.98 Å². The smallest absolute Gasteiger partial charge is 0.254 e. The van der Waals surface area contributed by atoms with Crippen LogP contribution in [0.4, 0.5) is 11.4 Å². The number of benzene rings is 3. The number of aromatic nitrogens is 2. The highest BCUT2D eigenvalue weighted by molar-refractivity contribution is 6.33. The number of piperidine rings is 1. The zero-order valence-electron chi connectivity index (χ0n) is 21.6. The van der Waals surface area contributed by atoms with Crippen molar-refractivity contribution < 1.29 is 4.79 Å². The molecule has 1 aromatic heterocycles. The Morgan fingerprint density at radius 1 is 1.00 bits per heavy atom. The number of fused-ring (bicyclic) bond motifs is 1. The van der Waals surface area contributed by atoms with Gasteiger partial charge in [-0.2, -0.15) is 0 Å². The minimum absolute atomic E-state index is 0.158. The van der Waals surface area contributed by atoms with Crippen molar-refractivity contribution in [1.82, 2.24) is 19.8 Å². The van der Waals surface area contributed by atoms with Crippen LogP contribution in [0.2, 0.25) is 5.02 Å². The normalized spacial score (nSPS) is 16.5. The summed E-state index contributed by atoms with van der Waals surface area (Å²) in [5.41, 5.74) is 6.60. The van der Waals surface area contributed by atoms with Gasteiger partial charge in [-0.15, -0.1) is 0 Å². The van der Waals surface area contributed by atoms with Gasteiger partial charge in [0.05, 0.1) is 16.9 Å². The van der Waals surface area contributed by atoms with Crippen molar-refractivity contribution in [2.45, 2.75) is 32.2 Å². The van der Waals surface area contributed by atoms with Crippen LogP contribution < -0.4 is 5.32 Å². The number of aromatic amines is 1. The molecule has 0 saturated carbocycles. The maximum atomic E-state index is 13.5. The highest BCUT2D eigenvalue weighted by atomic mass is 35.5. The molecule has 6 rings (SSSR count). The van der Waals surface area contributed by atoms with Crippen LogP contribution in [0.25, 0.3) is 22.6 Å². The van der Waals surface area contributed by atoms with Crippen molar-refractivity contribution in [3.8, 4) is 22.6 Å². The number of H-pyrrole nitrogens is 1. The third-order valence-electron chi connectivity index (χ3n) is 7.88. The molecule has 1 amide bonds. The summed E-state index contributed by atoms with van der Waals surface area (Å²) in [7, 11) is 0. The Balaban J connectivity index is 1.23. The predicted molar refractivity (Wildman–Crippen MR) is 154 cm³/mol.